The average molecular weight is 285 g/mol. The van der Waals surface area contributed by atoms with Crippen molar-refractivity contribution in [1.82, 2.24) is 4.98 Å². The topological polar surface area (TPSA) is 70.2 Å². The van der Waals surface area contributed by atoms with Crippen molar-refractivity contribution >= 4 is 22.7 Å². The first-order chi connectivity index (χ1) is 9.25. The quantitative estimate of drug-likeness (QED) is 0.848. The van der Waals surface area contributed by atoms with Gasteiger partial charge >= 0.3 is 12.1 Å². The molecule has 0 unspecified atom stereocenters. The molecule has 0 aliphatic heterocycles. The van der Waals surface area contributed by atoms with Crippen LogP contribution in [0.1, 0.15) is 39.8 Å². The highest BCUT2D eigenvalue weighted by Gasteiger charge is 2.38. The maximum Gasteiger partial charge on any atom is 0.432 e. The van der Waals surface area contributed by atoms with E-state index in [0.717, 1.165) is 0 Å². The number of benzene rings is 1. The summed E-state index contributed by atoms with van der Waals surface area (Å²) in [5.74, 6) is -1.90. The Morgan fingerprint density at radius 3 is 2.45 bits per heavy atom. The van der Waals surface area contributed by atoms with Crippen molar-refractivity contribution in [3.8, 4) is 0 Å². The number of rotatable bonds is 3. The molecule has 2 N–H and O–H groups in total. The standard InChI is InChI=1S/C13H10F3NO3/c1-2-9(18)6-3-4-7-8(5-6)17-11(13(14,15)16)10(7)12(19)20/h3-5,17H,2H2,1H3,(H,19,20). The van der Waals surface area contributed by atoms with Gasteiger partial charge in [0.2, 0.25) is 0 Å². The van der Waals surface area contributed by atoms with Gasteiger partial charge in [0.25, 0.3) is 0 Å². The molecule has 7 heteroatoms. The Morgan fingerprint density at radius 1 is 1.30 bits per heavy atom. The van der Waals surface area contributed by atoms with Crippen molar-refractivity contribution < 1.29 is 27.9 Å². The van der Waals surface area contributed by atoms with E-state index in [1.165, 1.54) is 18.2 Å². The van der Waals surface area contributed by atoms with Gasteiger partial charge in [0.1, 0.15) is 5.69 Å². The fourth-order valence-corrected chi connectivity index (χ4v) is 2.01. The van der Waals surface area contributed by atoms with E-state index in [0.29, 0.717) is 0 Å². The molecule has 1 aromatic heterocycles. The fraction of sp³-hybridized carbons (Fsp3) is 0.231. The summed E-state index contributed by atoms with van der Waals surface area (Å²) in [6.45, 7) is 1.63. The molecule has 106 valence electrons. The summed E-state index contributed by atoms with van der Waals surface area (Å²) in [4.78, 5) is 24.6. The molecular formula is C13H10F3NO3. The number of fused-ring (bicyclic) bond motifs is 1. The summed E-state index contributed by atoms with van der Waals surface area (Å²) in [5, 5.41) is 8.88. The first kappa shape index (κ1) is 14.1. The number of aromatic nitrogens is 1. The van der Waals surface area contributed by atoms with Crippen molar-refractivity contribution in [3.63, 3.8) is 0 Å². The molecule has 1 heterocycles. The van der Waals surface area contributed by atoms with Gasteiger partial charge in [0.05, 0.1) is 5.56 Å². The van der Waals surface area contributed by atoms with Crippen LogP contribution in [0.4, 0.5) is 13.2 Å². The molecule has 0 aliphatic carbocycles. The van der Waals surface area contributed by atoms with Crippen molar-refractivity contribution in [2.75, 3.05) is 0 Å². The van der Waals surface area contributed by atoms with Crippen LogP contribution in [0.3, 0.4) is 0 Å². The molecule has 0 aliphatic rings. The van der Waals surface area contributed by atoms with Gasteiger partial charge in [-0.15, -0.1) is 0 Å². The van der Waals surface area contributed by atoms with Crippen molar-refractivity contribution in [2.45, 2.75) is 19.5 Å². The van der Waals surface area contributed by atoms with Crippen LogP contribution >= 0.6 is 0 Å². The minimum atomic E-state index is -4.80. The van der Waals surface area contributed by atoms with Gasteiger partial charge in [0.15, 0.2) is 5.78 Å². The van der Waals surface area contributed by atoms with Crippen LogP contribution < -0.4 is 0 Å². The summed E-state index contributed by atoms with van der Waals surface area (Å²) < 4.78 is 38.4. The summed E-state index contributed by atoms with van der Waals surface area (Å²) in [6, 6.07) is 3.78. The van der Waals surface area contributed by atoms with E-state index >= 15 is 0 Å². The molecule has 20 heavy (non-hydrogen) atoms. The summed E-state index contributed by atoms with van der Waals surface area (Å²) in [6.07, 6.45) is -4.59. The number of aromatic amines is 1. The largest absolute Gasteiger partial charge is 0.478 e. The molecule has 0 fully saturated rings. The van der Waals surface area contributed by atoms with Gasteiger partial charge in [0, 0.05) is 22.9 Å². The number of carbonyl (C=O) groups excluding carboxylic acids is 1. The van der Waals surface area contributed by atoms with E-state index in [2.05, 4.69) is 0 Å². The predicted molar refractivity (Wildman–Crippen MR) is 64.9 cm³/mol. The van der Waals surface area contributed by atoms with Crippen LogP contribution in [0, 0.1) is 0 Å². The number of alkyl halides is 3. The fourth-order valence-electron chi connectivity index (χ4n) is 2.01. The highest BCUT2D eigenvalue weighted by atomic mass is 19.4. The number of hydrogen-bond acceptors (Lipinski definition) is 2. The Morgan fingerprint density at radius 2 is 1.95 bits per heavy atom. The molecule has 0 bridgehead atoms. The Labute approximate surface area is 111 Å². The molecule has 2 aromatic rings. The van der Waals surface area contributed by atoms with Crippen LogP contribution in [-0.4, -0.2) is 21.8 Å². The third-order valence-electron chi connectivity index (χ3n) is 2.94. The number of carboxylic acid groups (broad SMARTS) is 1. The maximum atomic E-state index is 12.8. The van der Waals surface area contributed by atoms with Crippen molar-refractivity contribution in [2.24, 2.45) is 0 Å². The average Bonchev–Trinajstić information content (AvgIpc) is 2.76. The SMILES string of the molecule is CCC(=O)c1ccc2c(C(=O)O)c(C(F)(F)F)[nH]c2c1. The Balaban J connectivity index is 2.74. The van der Waals surface area contributed by atoms with Crippen LogP contribution in [0.5, 0.6) is 0 Å². The minimum Gasteiger partial charge on any atom is -0.478 e. The second kappa shape index (κ2) is 4.66. The van der Waals surface area contributed by atoms with Crippen LogP contribution in [0.15, 0.2) is 18.2 Å². The number of ketones is 1. The van der Waals surface area contributed by atoms with Gasteiger partial charge < -0.3 is 10.1 Å². The lowest BCUT2D eigenvalue weighted by Gasteiger charge is -2.04. The normalized spacial score (nSPS) is 11.8. The molecule has 1 aromatic carbocycles. The number of aromatic carboxylic acids is 1. The second-order valence-corrected chi connectivity index (χ2v) is 4.22. The zero-order chi connectivity index (χ0) is 15.1. The Kier molecular flexibility index (Phi) is 3.29. The smallest absolute Gasteiger partial charge is 0.432 e. The third kappa shape index (κ3) is 2.26. The first-order valence-electron chi connectivity index (χ1n) is 5.75. The van der Waals surface area contributed by atoms with E-state index in [1.54, 1.807) is 6.92 Å². The summed E-state index contributed by atoms with van der Waals surface area (Å²) >= 11 is 0. The Bertz CT molecular complexity index is 701. The lowest BCUT2D eigenvalue weighted by molar-refractivity contribution is -0.141. The molecule has 0 radical (unpaired) electrons. The van der Waals surface area contributed by atoms with Crippen LogP contribution in [0.25, 0.3) is 10.9 Å². The molecule has 0 saturated heterocycles. The molecular weight excluding hydrogens is 275 g/mol. The lowest BCUT2D eigenvalue weighted by Crippen LogP contribution is -2.11. The number of hydrogen-bond donors (Lipinski definition) is 2. The highest BCUT2D eigenvalue weighted by Crippen LogP contribution is 2.35. The minimum absolute atomic E-state index is 0.0194. The van der Waals surface area contributed by atoms with E-state index in [-0.39, 0.29) is 28.7 Å². The molecule has 0 spiro atoms. The molecule has 0 atom stereocenters. The number of Topliss-reactive ketones (excluding diaryl/α,β-unsaturated/α-hetero) is 1. The van der Waals surface area contributed by atoms with E-state index in [1.807, 2.05) is 4.98 Å². The lowest BCUT2D eigenvalue weighted by atomic mass is 10.0. The maximum absolute atomic E-state index is 12.8. The van der Waals surface area contributed by atoms with E-state index in [9.17, 15) is 22.8 Å². The number of halogens is 3. The van der Waals surface area contributed by atoms with E-state index < -0.39 is 23.4 Å². The van der Waals surface area contributed by atoms with E-state index in [4.69, 9.17) is 5.11 Å². The highest BCUT2D eigenvalue weighted by molar-refractivity contribution is 6.07. The van der Waals surface area contributed by atoms with Crippen molar-refractivity contribution in [1.29, 1.82) is 0 Å². The van der Waals surface area contributed by atoms with Gasteiger partial charge in [-0.3, -0.25) is 4.79 Å². The van der Waals surface area contributed by atoms with Gasteiger partial charge in [-0.05, 0) is 6.07 Å². The summed E-state index contributed by atoms with van der Waals surface area (Å²) in [7, 11) is 0. The van der Waals surface area contributed by atoms with Crippen LogP contribution in [0.2, 0.25) is 0 Å². The first-order valence-corrected chi connectivity index (χ1v) is 5.75. The predicted octanol–water partition coefficient (Wildman–Crippen LogP) is 3.48. The molecule has 2 rings (SSSR count). The number of nitrogens with one attached hydrogen (secondary N) is 1. The number of carbonyl (C=O) groups is 2. The number of H-pyrrole nitrogens is 1. The van der Waals surface area contributed by atoms with Gasteiger partial charge in [-0.2, -0.15) is 13.2 Å². The molecule has 0 amide bonds. The molecule has 0 saturated carbocycles. The van der Waals surface area contributed by atoms with Gasteiger partial charge in [-0.1, -0.05) is 19.1 Å². The van der Waals surface area contributed by atoms with Gasteiger partial charge in [-0.25, -0.2) is 4.79 Å². The monoisotopic (exact) mass is 285 g/mol. The van der Waals surface area contributed by atoms with Crippen LogP contribution in [-0.2, 0) is 6.18 Å². The zero-order valence-corrected chi connectivity index (χ0v) is 10.3. The second-order valence-electron chi connectivity index (χ2n) is 4.22. The third-order valence-corrected chi connectivity index (χ3v) is 2.94. The number of carboxylic acids is 1. The van der Waals surface area contributed by atoms with Crippen molar-refractivity contribution in [3.05, 3.63) is 35.0 Å². The molecule has 4 nitrogen and oxygen atoms in total. The zero-order valence-electron chi connectivity index (χ0n) is 10.3. The Hall–Kier alpha value is -2.31. The summed E-state index contributed by atoms with van der Waals surface area (Å²) in [5.41, 5.74) is -1.93.